The first kappa shape index (κ1) is 23.4. The average molecular weight is 464 g/mol. The Bertz CT molecular complexity index is 1030. The molecule has 0 aliphatic carbocycles. The fourth-order valence-electron chi connectivity index (χ4n) is 4.06. The Morgan fingerprint density at radius 1 is 1.03 bits per heavy atom. The summed E-state index contributed by atoms with van der Waals surface area (Å²) in [4.78, 5) is 24.6. The second-order valence-electron chi connectivity index (χ2n) is 7.96. The lowest BCUT2D eigenvalue weighted by atomic mass is 10.1. The van der Waals surface area contributed by atoms with Crippen molar-refractivity contribution in [2.45, 2.75) is 55.7 Å². The standard InChI is InChI=1S/C23H27ClN2O4S/c1-18(27)25-26(16-8-3-2-5-9-19-12-14-20(24)15-13-19)22(28)17-23(26)31(29,30)21-10-6-4-7-11-21/h4,6-7,10-15,23H,2-3,5,8-9,16-17H2,1H3/p+1. The number of hydrogen-bond acceptors (Lipinski definition) is 4. The van der Waals surface area contributed by atoms with E-state index in [0.29, 0.717) is 6.42 Å². The molecule has 0 bridgehead atoms. The summed E-state index contributed by atoms with van der Waals surface area (Å²) in [5, 5.41) is -0.268. The number of amides is 2. The number of carbonyl (C=O) groups is 2. The third kappa shape index (κ3) is 5.34. The number of nitrogens with zero attached hydrogens (tertiary/aromatic N) is 1. The molecule has 1 aliphatic heterocycles. The number of quaternary nitrogens is 1. The molecule has 8 heteroatoms. The van der Waals surface area contributed by atoms with E-state index in [0.717, 1.165) is 30.7 Å². The molecule has 0 radical (unpaired) electrons. The van der Waals surface area contributed by atoms with Gasteiger partial charge in [0.25, 0.3) is 5.91 Å². The maximum atomic E-state index is 13.1. The number of halogens is 1. The van der Waals surface area contributed by atoms with E-state index >= 15 is 0 Å². The molecule has 0 saturated carbocycles. The molecule has 2 amide bonds. The van der Waals surface area contributed by atoms with Crippen molar-refractivity contribution in [3.63, 3.8) is 0 Å². The summed E-state index contributed by atoms with van der Waals surface area (Å²) < 4.78 is 25.8. The number of aryl methyl sites for hydroxylation is 1. The van der Waals surface area contributed by atoms with Crippen LogP contribution in [0.15, 0.2) is 59.5 Å². The van der Waals surface area contributed by atoms with Gasteiger partial charge in [-0.2, -0.15) is 5.43 Å². The Balaban J connectivity index is 1.61. The molecule has 1 aliphatic rings. The largest absolute Gasteiger partial charge is 0.346 e. The Kier molecular flexibility index (Phi) is 7.51. The summed E-state index contributed by atoms with van der Waals surface area (Å²) in [6.45, 7) is 1.58. The van der Waals surface area contributed by atoms with Gasteiger partial charge in [-0.1, -0.05) is 48.4 Å². The van der Waals surface area contributed by atoms with Gasteiger partial charge in [0.15, 0.2) is 0 Å². The Morgan fingerprint density at radius 3 is 2.29 bits per heavy atom. The van der Waals surface area contributed by atoms with Crippen molar-refractivity contribution in [1.82, 2.24) is 5.43 Å². The van der Waals surface area contributed by atoms with Gasteiger partial charge < -0.3 is 0 Å². The molecule has 166 valence electrons. The second kappa shape index (κ2) is 9.94. The van der Waals surface area contributed by atoms with Gasteiger partial charge in [-0.25, -0.2) is 13.2 Å². The van der Waals surface area contributed by atoms with Gasteiger partial charge in [0, 0.05) is 11.9 Å². The van der Waals surface area contributed by atoms with E-state index in [1.54, 1.807) is 18.2 Å². The number of carbonyl (C=O) groups excluding carboxylic acids is 2. The van der Waals surface area contributed by atoms with Crippen molar-refractivity contribution in [3.05, 3.63) is 65.2 Å². The SMILES string of the molecule is CC(=O)N[N+]1(CCCCCCc2ccc(Cl)cc2)C(=O)CC1S(=O)(=O)c1ccccc1. The van der Waals surface area contributed by atoms with Crippen LogP contribution in [0.25, 0.3) is 0 Å². The van der Waals surface area contributed by atoms with Gasteiger partial charge in [-0.15, -0.1) is 4.59 Å². The topological polar surface area (TPSA) is 80.3 Å². The monoisotopic (exact) mass is 463 g/mol. The maximum absolute atomic E-state index is 13.1. The van der Waals surface area contributed by atoms with Crippen LogP contribution in [0.4, 0.5) is 0 Å². The molecule has 1 fully saturated rings. The minimum Gasteiger partial charge on any atom is -0.270 e. The Labute approximate surface area is 188 Å². The first-order chi connectivity index (χ1) is 14.8. The fourth-order valence-corrected chi connectivity index (χ4v) is 6.15. The fraction of sp³-hybridized carbons (Fsp3) is 0.391. The van der Waals surface area contributed by atoms with Gasteiger partial charge in [0.05, 0.1) is 4.90 Å². The predicted octanol–water partition coefficient (Wildman–Crippen LogP) is 4.04. The molecule has 2 unspecified atom stereocenters. The molecule has 0 spiro atoms. The van der Waals surface area contributed by atoms with Crippen LogP contribution in [0.1, 0.15) is 44.6 Å². The number of unbranched alkanes of at least 4 members (excludes halogenated alkanes) is 3. The molecule has 3 rings (SSSR count). The van der Waals surface area contributed by atoms with Crippen LogP contribution in [0.2, 0.25) is 5.02 Å². The summed E-state index contributed by atoms with van der Waals surface area (Å²) >= 11 is 5.90. The van der Waals surface area contributed by atoms with E-state index in [9.17, 15) is 18.0 Å². The zero-order valence-electron chi connectivity index (χ0n) is 17.6. The van der Waals surface area contributed by atoms with Gasteiger partial charge >= 0.3 is 5.91 Å². The highest BCUT2D eigenvalue weighted by Gasteiger charge is 2.63. The van der Waals surface area contributed by atoms with Gasteiger partial charge in [-0.3, -0.25) is 4.79 Å². The lowest BCUT2D eigenvalue weighted by Crippen LogP contribution is -2.78. The van der Waals surface area contributed by atoms with Crippen LogP contribution < -0.4 is 5.43 Å². The molecule has 2 aromatic rings. The summed E-state index contributed by atoms with van der Waals surface area (Å²) in [7, 11) is -3.75. The smallest absolute Gasteiger partial charge is 0.270 e. The summed E-state index contributed by atoms with van der Waals surface area (Å²) in [6, 6.07) is 15.9. The minimum absolute atomic E-state index is 0.0892. The van der Waals surface area contributed by atoms with Crippen LogP contribution in [0.5, 0.6) is 0 Å². The van der Waals surface area contributed by atoms with Crippen molar-refractivity contribution in [3.8, 4) is 0 Å². The van der Waals surface area contributed by atoms with E-state index in [4.69, 9.17) is 11.6 Å². The molecule has 2 aromatic carbocycles. The normalized spacial score (nSPS) is 20.8. The van der Waals surface area contributed by atoms with E-state index < -0.39 is 25.7 Å². The Hall–Kier alpha value is -2.22. The molecule has 31 heavy (non-hydrogen) atoms. The van der Waals surface area contributed by atoms with Crippen LogP contribution >= 0.6 is 11.6 Å². The molecule has 1 N–H and O–H groups in total. The van der Waals surface area contributed by atoms with Crippen molar-refractivity contribution in [1.29, 1.82) is 0 Å². The van der Waals surface area contributed by atoms with Crippen molar-refractivity contribution in [2.24, 2.45) is 0 Å². The number of hydrogen-bond donors (Lipinski definition) is 1. The Morgan fingerprint density at radius 2 is 1.68 bits per heavy atom. The molecule has 1 heterocycles. The predicted molar refractivity (Wildman–Crippen MR) is 120 cm³/mol. The lowest BCUT2D eigenvalue weighted by molar-refractivity contribution is -0.925. The molecular weight excluding hydrogens is 436 g/mol. The first-order valence-corrected chi connectivity index (χ1v) is 12.4. The number of rotatable bonds is 10. The first-order valence-electron chi connectivity index (χ1n) is 10.5. The molecule has 1 saturated heterocycles. The van der Waals surface area contributed by atoms with Crippen LogP contribution in [0.3, 0.4) is 0 Å². The molecule has 6 nitrogen and oxygen atoms in total. The zero-order valence-corrected chi connectivity index (χ0v) is 19.2. The number of benzene rings is 2. The zero-order chi connectivity index (χ0) is 22.5. The highest BCUT2D eigenvalue weighted by molar-refractivity contribution is 7.92. The van der Waals surface area contributed by atoms with Crippen molar-refractivity contribution in [2.75, 3.05) is 6.54 Å². The molecule has 2 atom stereocenters. The third-order valence-electron chi connectivity index (χ3n) is 5.71. The third-order valence-corrected chi connectivity index (χ3v) is 8.14. The highest BCUT2D eigenvalue weighted by Crippen LogP contribution is 2.36. The van der Waals surface area contributed by atoms with Gasteiger partial charge in [0.1, 0.15) is 13.0 Å². The summed E-state index contributed by atoms with van der Waals surface area (Å²) in [5.41, 5.74) is 3.87. The van der Waals surface area contributed by atoms with Crippen molar-refractivity contribution < 1.29 is 22.6 Å². The quantitative estimate of drug-likeness (QED) is 0.327. The number of sulfone groups is 1. The van der Waals surface area contributed by atoms with E-state index in [-0.39, 0.29) is 23.8 Å². The highest BCUT2D eigenvalue weighted by atomic mass is 35.5. The van der Waals surface area contributed by atoms with Gasteiger partial charge in [0.2, 0.25) is 15.2 Å². The maximum Gasteiger partial charge on any atom is 0.346 e. The van der Waals surface area contributed by atoms with Crippen LogP contribution in [-0.2, 0) is 25.8 Å². The minimum atomic E-state index is -3.75. The lowest BCUT2D eigenvalue weighted by Gasteiger charge is -2.46. The van der Waals surface area contributed by atoms with Crippen molar-refractivity contribution >= 4 is 33.3 Å². The summed E-state index contributed by atoms with van der Waals surface area (Å²) in [6.07, 6.45) is 4.28. The van der Waals surface area contributed by atoms with Crippen LogP contribution in [0, 0.1) is 0 Å². The van der Waals surface area contributed by atoms with E-state index in [1.807, 2.05) is 24.3 Å². The number of nitrogens with one attached hydrogen (secondary N) is 1. The molecular formula is C23H28ClN2O4S+. The van der Waals surface area contributed by atoms with Crippen LogP contribution in [-0.4, -0.2) is 36.7 Å². The average Bonchev–Trinajstić information content (AvgIpc) is 2.75. The van der Waals surface area contributed by atoms with E-state index in [2.05, 4.69) is 5.43 Å². The summed E-state index contributed by atoms with van der Waals surface area (Å²) in [5.74, 6) is -0.676. The second-order valence-corrected chi connectivity index (χ2v) is 10.5. The van der Waals surface area contributed by atoms with E-state index in [1.165, 1.54) is 24.6 Å². The van der Waals surface area contributed by atoms with Gasteiger partial charge in [-0.05, 0) is 55.5 Å². The number of likely N-dealkylation sites (tertiary alicyclic amines) is 1. The molecule has 0 aromatic heterocycles. The number of β-lactam (4-membered cyclic amide) rings is 1.